The first kappa shape index (κ1) is 15.7. The molecule has 112 valence electrons. The Morgan fingerprint density at radius 3 is 2.33 bits per heavy atom. The average Bonchev–Trinajstić information content (AvgIpc) is 2.38. The van der Waals surface area contributed by atoms with E-state index in [-0.39, 0.29) is 4.90 Å². The van der Waals surface area contributed by atoms with Crippen LogP contribution in [-0.4, -0.2) is 8.42 Å². The van der Waals surface area contributed by atoms with Crippen LogP contribution >= 0.6 is 11.6 Å². The van der Waals surface area contributed by atoms with Gasteiger partial charge in [0, 0.05) is 5.69 Å². The van der Waals surface area contributed by atoms with Crippen molar-refractivity contribution in [1.29, 1.82) is 0 Å². The Kier molecular flexibility index (Phi) is 4.16. The molecule has 2 aromatic rings. The summed E-state index contributed by atoms with van der Waals surface area (Å²) >= 11 is 6.00. The summed E-state index contributed by atoms with van der Waals surface area (Å²) in [7, 11) is -3.75. The van der Waals surface area contributed by atoms with Crippen molar-refractivity contribution >= 4 is 33.0 Å². The zero-order valence-corrected chi connectivity index (χ0v) is 13.6. The molecule has 0 saturated carbocycles. The van der Waals surface area contributed by atoms with Crippen molar-refractivity contribution in [3.05, 3.63) is 52.0 Å². The second-order valence-corrected chi connectivity index (χ2v) is 6.99. The monoisotopic (exact) mass is 324 g/mol. The van der Waals surface area contributed by atoms with Crippen LogP contribution in [0.2, 0.25) is 5.02 Å². The first-order valence-corrected chi connectivity index (χ1v) is 8.24. The summed E-state index contributed by atoms with van der Waals surface area (Å²) in [6, 6.07) is 8.46. The minimum atomic E-state index is -3.75. The van der Waals surface area contributed by atoms with Gasteiger partial charge in [-0.2, -0.15) is 0 Å². The van der Waals surface area contributed by atoms with Crippen LogP contribution in [0.1, 0.15) is 16.7 Å². The standard InChI is InChI=1S/C15H17ClN2O2S/c1-9-8-10(2)15(11(3)14(9)17)21(19,20)18-13-7-5-4-6-12(13)16/h4-8,18H,17H2,1-3H3. The lowest BCUT2D eigenvalue weighted by atomic mass is 10.1. The lowest BCUT2D eigenvalue weighted by molar-refractivity contribution is 0.600. The number of anilines is 2. The van der Waals surface area contributed by atoms with Crippen LogP contribution in [0, 0.1) is 20.8 Å². The molecule has 2 aromatic carbocycles. The van der Waals surface area contributed by atoms with E-state index < -0.39 is 10.0 Å². The number of nitrogens with two attached hydrogens (primary N) is 1. The lowest BCUT2D eigenvalue weighted by Crippen LogP contribution is -2.17. The minimum Gasteiger partial charge on any atom is -0.398 e. The summed E-state index contributed by atoms with van der Waals surface area (Å²) < 4.78 is 27.8. The molecule has 2 rings (SSSR count). The van der Waals surface area contributed by atoms with Crippen molar-refractivity contribution < 1.29 is 8.42 Å². The third-order valence-electron chi connectivity index (χ3n) is 3.35. The van der Waals surface area contributed by atoms with Crippen LogP contribution < -0.4 is 10.5 Å². The minimum absolute atomic E-state index is 0.200. The summed E-state index contributed by atoms with van der Waals surface area (Å²) in [5.74, 6) is 0. The predicted octanol–water partition coefficient (Wildman–Crippen LogP) is 3.65. The van der Waals surface area contributed by atoms with E-state index in [1.165, 1.54) is 0 Å². The quantitative estimate of drug-likeness (QED) is 0.846. The van der Waals surface area contributed by atoms with Crippen LogP contribution in [0.4, 0.5) is 11.4 Å². The second-order valence-electron chi connectivity index (χ2n) is 4.96. The van der Waals surface area contributed by atoms with Gasteiger partial charge in [0.25, 0.3) is 10.0 Å². The maximum Gasteiger partial charge on any atom is 0.262 e. The molecule has 0 heterocycles. The van der Waals surface area contributed by atoms with E-state index in [1.807, 2.05) is 6.92 Å². The van der Waals surface area contributed by atoms with E-state index in [0.29, 0.717) is 27.5 Å². The van der Waals surface area contributed by atoms with E-state index in [4.69, 9.17) is 17.3 Å². The maximum atomic E-state index is 12.6. The fourth-order valence-electron chi connectivity index (χ4n) is 2.34. The highest BCUT2D eigenvalue weighted by atomic mass is 35.5. The van der Waals surface area contributed by atoms with Crippen LogP contribution in [0.3, 0.4) is 0 Å². The van der Waals surface area contributed by atoms with E-state index in [1.54, 1.807) is 44.2 Å². The summed E-state index contributed by atoms with van der Waals surface area (Å²) in [4.78, 5) is 0.200. The molecule has 0 aliphatic heterocycles. The van der Waals surface area contributed by atoms with Crippen molar-refractivity contribution in [2.24, 2.45) is 0 Å². The van der Waals surface area contributed by atoms with Crippen LogP contribution in [0.5, 0.6) is 0 Å². The summed E-state index contributed by atoms with van der Waals surface area (Å²) in [5.41, 5.74) is 8.85. The fraction of sp³-hybridized carbons (Fsp3) is 0.200. The largest absolute Gasteiger partial charge is 0.398 e. The highest BCUT2D eigenvalue weighted by Gasteiger charge is 2.22. The molecule has 0 saturated heterocycles. The second kappa shape index (κ2) is 5.58. The number of hydrogen-bond acceptors (Lipinski definition) is 3. The summed E-state index contributed by atoms with van der Waals surface area (Å²) in [6.07, 6.45) is 0. The molecule has 0 aliphatic rings. The number of hydrogen-bond donors (Lipinski definition) is 2. The molecule has 0 aromatic heterocycles. The van der Waals surface area contributed by atoms with Gasteiger partial charge in [-0.3, -0.25) is 4.72 Å². The number of aryl methyl sites for hydroxylation is 2. The molecule has 21 heavy (non-hydrogen) atoms. The molecule has 0 atom stereocenters. The number of nitrogen functional groups attached to an aromatic ring is 1. The Morgan fingerprint density at radius 2 is 1.71 bits per heavy atom. The van der Waals surface area contributed by atoms with E-state index >= 15 is 0 Å². The highest BCUT2D eigenvalue weighted by Crippen LogP contribution is 2.31. The maximum absolute atomic E-state index is 12.6. The van der Waals surface area contributed by atoms with E-state index in [9.17, 15) is 8.42 Å². The molecule has 0 radical (unpaired) electrons. The molecule has 0 amide bonds. The number of halogens is 1. The average molecular weight is 325 g/mol. The predicted molar refractivity (Wildman–Crippen MR) is 87.3 cm³/mol. The summed E-state index contributed by atoms with van der Waals surface area (Å²) in [5, 5.41) is 0.344. The molecule has 0 bridgehead atoms. The van der Waals surface area contributed by atoms with Gasteiger partial charge < -0.3 is 5.73 Å². The van der Waals surface area contributed by atoms with Gasteiger partial charge in [0.15, 0.2) is 0 Å². The zero-order chi connectivity index (χ0) is 15.8. The number of nitrogens with one attached hydrogen (secondary N) is 1. The topological polar surface area (TPSA) is 72.2 Å². The lowest BCUT2D eigenvalue weighted by Gasteiger charge is -2.16. The van der Waals surface area contributed by atoms with Gasteiger partial charge in [0.2, 0.25) is 0 Å². The van der Waals surface area contributed by atoms with Gasteiger partial charge >= 0.3 is 0 Å². The van der Waals surface area contributed by atoms with Gasteiger partial charge in [-0.05, 0) is 49.6 Å². The van der Waals surface area contributed by atoms with Gasteiger partial charge in [-0.1, -0.05) is 29.8 Å². The molecule has 0 fully saturated rings. The fourth-order valence-corrected chi connectivity index (χ4v) is 4.14. The third kappa shape index (κ3) is 2.99. The Hall–Kier alpha value is -1.72. The SMILES string of the molecule is Cc1cc(C)c(S(=O)(=O)Nc2ccccc2Cl)c(C)c1N. The molecule has 0 spiro atoms. The molecule has 6 heteroatoms. The van der Waals surface area contributed by atoms with Crippen molar-refractivity contribution in [2.75, 3.05) is 10.5 Å². The molecule has 4 nitrogen and oxygen atoms in total. The zero-order valence-electron chi connectivity index (χ0n) is 12.1. The van der Waals surface area contributed by atoms with Gasteiger partial charge in [0.05, 0.1) is 15.6 Å². The number of rotatable bonds is 3. The highest BCUT2D eigenvalue weighted by molar-refractivity contribution is 7.92. The Balaban J connectivity index is 2.56. The van der Waals surface area contributed by atoms with Crippen LogP contribution in [-0.2, 0) is 10.0 Å². The Morgan fingerprint density at radius 1 is 1.10 bits per heavy atom. The number of para-hydroxylation sites is 1. The summed E-state index contributed by atoms with van der Waals surface area (Å²) in [6.45, 7) is 5.31. The van der Waals surface area contributed by atoms with Crippen molar-refractivity contribution in [3.8, 4) is 0 Å². The Bertz CT molecular complexity index is 802. The molecular weight excluding hydrogens is 308 g/mol. The van der Waals surface area contributed by atoms with Crippen molar-refractivity contribution in [3.63, 3.8) is 0 Å². The number of sulfonamides is 1. The van der Waals surface area contributed by atoms with Crippen LogP contribution in [0.15, 0.2) is 35.2 Å². The van der Waals surface area contributed by atoms with Gasteiger partial charge in [-0.15, -0.1) is 0 Å². The van der Waals surface area contributed by atoms with Crippen LogP contribution in [0.25, 0.3) is 0 Å². The van der Waals surface area contributed by atoms with E-state index in [2.05, 4.69) is 4.72 Å². The Labute approximate surface area is 130 Å². The van der Waals surface area contributed by atoms with Crippen molar-refractivity contribution in [1.82, 2.24) is 0 Å². The molecular formula is C15H17ClN2O2S. The normalized spacial score (nSPS) is 11.4. The van der Waals surface area contributed by atoms with Gasteiger partial charge in [-0.25, -0.2) is 8.42 Å². The van der Waals surface area contributed by atoms with Gasteiger partial charge in [0.1, 0.15) is 0 Å². The molecule has 0 unspecified atom stereocenters. The first-order valence-electron chi connectivity index (χ1n) is 6.37. The van der Waals surface area contributed by atoms with E-state index in [0.717, 1.165) is 5.56 Å². The number of benzene rings is 2. The first-order chi connectivity index (χ1) is 9.74. The molecule has 0 aliphatic carbocycles. The third-order valence-corrected chi connectivity index (χ3v) is 5.33. The smallest absolute Gasteiger partial charge is 0.262 e. The van der Waals surface area contributed by atoms with Crippen molar-refractivity contribution in [2.45, 2.75) is 25.7 Å². The molecule has 3 N–H and O–H groups in total.